The molecule has 0 fully saturated rings. The molecule has 2 nitrogen and oxygen atoms in total. The van der Waals surface area contributed by atoms with E-state index in [9.17, 15) is 9.18 Å². The van der Waals surface area contributed by atoms with E-state index < -0.39 is 0 Å². The van der Waals surface area contributed by atoms with Crippen LogP contribution in [0.1, 0.15) is 5.69 Å². The molecule has 1 aromatic heterocycles. The summed E-state index contributed by atoms with van der Waals surface area (Å²) in [4.78, 5) is 12.6. The molecule has 20 heavy (non-hydrogen) atoms. The van der Waals surface area contributed by atoms with Crippen LogP contribution in [0.2, 0.25) is 5.02 Å². The SMILES string of the molecule is Cc1cc2cccc(Cl)c2c(=O)n1-c1cccc(F)c1. The van der Waals surface area contributed by atoms with Crippen molar-refractivity contribution in [3.05, 3.63) is 75.4 Å². The number of hydrogen-bond donors (Lipinski definition) is 0. The van der Waals surface area contributed by atoms with Gasteiger partial charge in [0.25, 0.3) is 5.56 Å². The van der Waals surface area contributed by atoms with Gasteiger partial charge in [-0.2, -0.15) is 0 Å². The Kier molecular flexibility index (Phi) is 3.07. The van der Waals surface area contributed by atoms with E-state index in [0.717, 1.165) is 11.1 Å². The largest absolute Gasteiger partial charge is 0.281 e. The molecular formula is C16H11ClFNO. The molecule has 3 rings (SSSR count). The molecule has 0 unspecified atom stereocenters. The first-order valence-electron chi connectivity index (χ1n) is 6.15. The number of benzene rings is 2. The topological polar surface area (TPSA) is 22.0 Å². The van der Waals surface area contributed by atoms with Crippen LogP contribution in [0.25, 0.3) is 16.5 Å². The third kappa shape index (κ3) is 2.00. The Labute approximate surface area is 120 Å². The first-order chi connectivity index (χ1) is 9.58. The number of aryl methyl sites for hydroxylation is 1. The molecule has 0 aliphatic heterocycles. The Morgan fingerprint density at radius 2 is 1.85 bits per heavy atom. The van der Waals surface area contributed by atoms with Crippen LogP contribution < -0.4 is 5.56 Å². The van der Waals surface area contributed by atoms with Crippen molar-refractivity contribution in [3.63, 3.8) is 0 Å². The van der Waals surface area contributed by atoms with Crippen molar-refractivity contribution in [2.24, 2.45) is 0 Å². The highest BCUT2D eigenvalue weighted by atomic mass is 35.5. The lowest BCUT2D eigenvalue weighted by Crippen LogP contribution is -2.21. The fraction of sp³-hybridized carbons (Fsp3) is 0.0625. The highest BCUT2D eigenvalue weighted by Crippen LogP contribution is 2.22. The van der Waals surface area contributed by atoms with Gasteiger partial charge in [-0.15, -0.1) is 0 Å². The average Bonchev–Trinajstić information content (AvgIpc) is 2.38. The molecule has 4 heteroatoms. The van der Waals surface area contributed by atoms with Gasteiger partial charge >= 0.3 is 0 Å². The Morgan fingerprint density at radius 3 is 2.60 bits per heavy atom. The standard InChI is InChI=1S/C16H11ClFNO/c1-10-8-11-4-2-7-14(17)15(11)16(20)19(10)13-6-3-5-12(18)9-13/h2-9H,1H3. The van der Waals surface area contributed by atoms with Gasteiger partial charge in [0.15, 0.2) is 0 Å². The van der Waals surface area contributed by atoms with E-state index in [4.69, 9.17) is 11.6 Å². The van der Waals surface area contributed by atoms with Crippen LogP contribution in [0, 0.1) is 12.7 Å². The van der Waals surface area contributed by atoms with Crippen molar-refractivity contribution in [1.29, 1.82) is 0 Å². The van der Waals surface area contributed by atoms with Crippen LogP contribution in [-0.2, 0) is 0 Å². The maximum atomic E-state index is 13.4. The van der Waals surface area contributed by atoms with Crippen LogP contribution >= 0.6 is 11.6 Å². The molecule has 0 saturated heterocycles. The lowest BCUT2D eigenvalue weighted by molar-refractivity contribution is 0.626. The van der Waals surface area contributed by atoms with Crippen LogP contribution in [0.5, 0.6) is 0 Å². The quantitative estimate of drug-likeness (QED) is 0.661. The number of nitrogens with zero attached hydrogens (tertiary/aromatic N) is 1. The van der Waals surface area contributed by atoms with Gasteiger partial charge in [-0.1, -0.05) is 29.8 Å². The molecule has 0 atom stereocenters. The number of pyridine rings is 1. The van der Waals surface area contributed by atoms with Crippen molar-refractivity contribution in [3.8, 4) is 5.69 Å². The van der Waals surface area contributed by atoms with Crippen molar-refractivity contribution in [2.45, 2.75) is 6.92 Å². The van der Waals surface area contributed by atoms with Crippen LogP contribution in [-0.4, -0.2) is 4.57 Å². The second kappa shape index (κ2) is 4.76. The molecule has 0 aliphatic rings. The smallest absolute Gasteiger partial charge is 0.264 e. The Bertz CT molecular complexity index is 870. The van der Waals surface area contributed by atoms with Crippen molar-refractivity contribution >= 4 is 22.4 Å². The second-order valence-electron chi connectivity index (χ2n) is 4.61. The second-order valence-corrected chi connectivity index (χ2v) is 5.02. The Morgan fingerprint density at radius 1 is 1.10 bits per heavy atom. The minimum absolute atomic E-state index is 0.240. The average molecular weight is 288 g/mol. The Balaban J connectivity index is 2.43. The molecular weight excluding hydrogens is 277 g/mol. The molecule has 0 saturated carbocycles. The van der Waals surface area contributed by atoms with Crippen molar-refractivity contribution in [2.75, 3.05) is 0 Å². The van der Waals surface area contributed by atoms with Gasteiger partial charge in [0, 0.05) is 5.69 Å². The van der Waals surface area contributed by atoms with Gasteiger partial charge in [-0.25, -0.2) is 4.39 Å². The fourth-order valence-electron chi connectivity index (χ4n) is 2.38. The number of halogens is 2. The lowest BCUT2D eigenvalue weighted by atomic mass is 10.1. The molecule has 2 aromatic carbocycles. The van der Waals surface area contributed by atoms with Crippen LogP contribution in [0.15, 0.2) is 53.3 Å². The summed E-state index contributed by atoms with van der Waals surface area (Å²) >= 11 is 6.12. The monoisotopic (exact) mass is 287 g/mol. The first kappa shape index (κ1) is 12.9. The first-order valence-corrected chi connectivity index (χ1v) is 6.52. The molecule has 1 heterocycles. The maximum absolute atomic E-state index is 13.4. The van der Waals surface area contributed by atoms with E-state index in [1.807, 2.05) is 19.1 Å². The Hall–Kier alpha value is -2.13. The lowest BCUT2D eigenvalue weighted by Gasteiger charge is -2.12. The van der Waals surface area contributed by atoms with E-state index in [-0.39, 0.29) is 11.4 Å². The van der Waals surface area contributed by atoms with Crippen LogP contribution in [0.4, 0.5) is 4.39 Å². The summed E-state index contributed by atoms with van der Waals surface area (Å²) in [7, 11) is 0. The zero-order valence-corrected chi connectivity index (χ0v) is 11.5. The van der Waals surface area contributed by atoms with Gasteiger partial charge in [0.1, 0.15) is 5.82 Å². The van der Waals surface area contributed by atoms with E-state index >= 15 is 0 Å². The summed E-state index contributed by atoms with van der Waals surface area (Å²) in [5.74, 6) is -0.381. The molecule has 100 valence electrons. The van der Waals surface area contributed by atoms with Crippen molar-refractivity contribution < 1.29 is 4.39 Å². The predicted molar refractivity (Wildman–Crippen MR) is 79.3 cm³/mol. The number of hydrogen-bond acceptors (Lipinski definition) is 1. The van der Waals surface area contributed by atoms with Gasteiger partial charge in [-0.05, 0) is 42.6 Å². The molecule has 0 spiro atoms. The summed E-state index contributed by atoms with van der Waals surface area (Å²) in [6, 6.07) is 13.1. The maximum Gasteiger partial charge on any atom is 0.264 e. The van der Waals surface area contributed by atoms with Crippen molar-refractivity contribution in [1.82, 2.24) is 4.57 Å². The normalized spacial score (nSPS) is 10.9. The van der Waals surface area contributed by atoms with Crippen LogP contribution in [0.3, 0.4) is 0 Å². The molecule has 0 amide bonds. The highest BCUT2D eigenvalue weighted by molar-refractivity contribution is 6.35. The van der Waals surface area contributed by atoms with Gasteiger partial charge in [0.05, 0.1) is 16.1 Å². The summed E-state index contributed by atoms with van der Waals surface area (Å²) < 4.78 is 14.8. The molecule has 0 N–H and O–H groups in total. The summed E-state index contributed by atoms with van der Waals surface area (Å²) in [6.45, 7) is 1.81. The third-order valence-electron chi connectivity index (χ3n) is 3.25. The number of aromatic nitrogens is 1. The zero-order valence-electron chi connectivity index (χ0n) is 10.7. The highest BCUT2D eigenvalue weighted by Gasteiger charge is 2.11. The third-order valence-corrected chi connectivity index (χ3v) is 3.56. The van der Waals surface area contributed by atoms with E-state index in [0.29, 0.717) is 16.1 Å². The van der Waals surface area contributed by atoms with E-state index in [1.165, 1.54) is 16.7 Å². The van der Waals surface area contributed by atoms with E-state index in [1.54, 1.807) is 24.3 Å². The number of rotatable bonds is 1. The minimum Gasteiger partial charge on any atom is -0.281 e. The summed E-state index contributed by atoms with van der Waals surface area (Å²) in [6.07, 6.45) is 0. The minimum atomic E-state index is -0.381. The summed E-state index contributed by atoms with van der Waals surface area (Å²) in [5, 5.41) is 1.63. The molecule has 0 radical (unpaired) electrons. The molecule has 3 aromatic rings. The predicted octanol–water partition coefficient (Wildman–Crippen LogP) is 4.09. The molecule has 0 aliphatic carbocycles. The van der Waals surface area contributed by atoms with E-state index in [2.05, 4.69) is 0 Å². The fourth-order valence-corrected chi connectivity index (χ4v) is 2.65. The van der Waals surface area contributed by atoms with Gasteiger partial charge in [0.2, 0.25) is 0 Å². The zero-order chi connectivity index (χ0) is 14.3. The summed E-state index contributed by atoms with van der Waals surface area (Å²) in [5.41, 5.74) is 0.987. The van der Waals surface area contributed by atoms with Gasteiger partial charge < -0.3 is 0 Å². The number of fused-ring (bicyclic) bond motifs is 1. The molecule has 0 bridgehead atoms. The van der Waals surface area contributed by atoms with Gasteiger partial charge in [-0.3, -0.25) is 9.36 Å².